The maximum atomic E-state index is 2.29. The zero-order valence-corrected chi connectivity index (χ0v) is 9.39. The first kappa shape index (κ1) is 9.58. The quantitative estimate of drug-likeness (QED) is 0.542. The van der Waals surface area contributed by atoms with E-state index in [0.29, 0.717) is 0 Å². The first-order chi connectivity index (χ1) is 6.50. The molecule has 0 bridgehead atoms. The summed E-state index contributed by atoms with van der Waals surface area (Å²) in [6.07, 6.45) is 0. The molecule has 0 unspecified atom stereocenters. The van der Waals surface area contributed by atoms with E-state index in [0.717, 1.165) is 0 Å². The van der Waals surface area contributed by atoms with Crippen LogP contribution in [0, 0.1) is 5.41 Å². The lowest BCUT2D eigenvalue weighted by Gasteiger charge is -2.23. The average molecular weight is 183 g/mol. The maximum Gasteiger partial charge on any atom is 0.186 e. The van der Waals surface area contributed by atoms with Crippen LogP contribution in [-0.2, 0) is 0 Å². The molecule has 0 aromatic heterocycles. The molecule has 0 N–H and O–H groups in total. The van der Waals surface area contributed by atoms with E-state index in [1.807, 2.05) is 0 Å². The van der Waals surface area contributed by atoms with Crippen LogP contribution in [0.25, 0.3) is 5.57 Å². The van der Waals surface area contributed by atoms with Gasteiger partial charge in [-0.3, -0.25) is 0 Å². The van der Waals surface area contributed by atoms with E-state index >= 15 is 0 Å². The summed E-state index contributed by atoms with van der Waals surface area (Å²) in [5, 5.41) is 0. The number of benzene rings is 1. The summed E-state index contributed by atoms with van der Waals surface area (Å²) < 4.78 is 0. The molecule has 0 nitrogen and oxygen atoms in total. The van der Waals surface area contributed by atoms with Crippen molar-refractivity contribution in [3.05, 3.63) is 35.3 Å². The zero-order valence-electron chi connectivity index (χ0n) is 9.39. The van der Waals surface area contributed by atoms with Gasteiger partial charge in [-0.05, 0) is 16.6 Å². The second kappa shape index (κ2) is 3.01. The summed E-state index contributed by atoms with van der Waals surface area (Å²) in [5.74, 6) is 0. The highest BCUT2D eigenvalue weighted by Crippen LogP contribution is 2.38. The van der Waals surface area contributed by atoms with Crippen LogP contribution in [-0.4, -0.2) is 7.28 Å². The lowest BCUT2D eigenvalue weighted by molar-refractivity contribution is 0.566. The van der Waals surface area contributed by atoms with Crippen LogP contribution >= 0.6 is 0 Å². The van der Waals surface area contributed by atoms with Crippen LogP contribution in [0.3, 0.4) is 0 Å². The summed E-state index contributed by atoms with van der Waals surface area (Å²) in [7, 11) is 2.29. The molecule has 1 heterocycles. The fourth-order valence-corrected chi connectivity index (χ4v) is 2.36. The van der Waals surface area contributed by atoms with Crippen LogP contribution in [0.2, 0.25) is 0 Å². The Morgan fingerprint density at radius 1 is 1.07 bits per heavy atom. The maximum absolute atomic E-state index is 2.29. The minimum atomic E-state index is 0.243. The van der Waals surface area contributed by atoms with Crippen LogP contribution < -0.4 is 5.46 Å². The fraction of sp³-hybridized carbons (Fsp3) is 0.385. The molecule has 0 fully saturated rings. The first-order valence-electron chi connectivity index (χ1n) is 5.15. The molecule has 0 saturated carbocycles. The Balaban J connectivity index is 2.57. The van der Waals surface area contributed by atoms with E-state index in [2.05, 4.69) is 59.2 Å². The van der Waals surface area contributed by atoms with Crippen LogP contribution in [0.4, 0.5) is 0 Å². The summed E-state index contributed by atoms with van der Waals surface area (Å²) >= 11 is 0. The van der Waals surface area contributed by atoms with Gasteiger partial charge in [-0.1, -0.05) is 57.4 Å². The molecule has 1 aromatic rings. The predicted molar refractivity (Wildman–Crippen MR) is 63.9 cm³/mol. The van der Waals surface area contributed by atoms with Gasteiger partial charge in [0.25, 0.3) is 0 Å². The second-order valence-corrected chi connectivity index (χ2v) is 5.04. The molecule has 0 amide bonds. The van der Waals surface area contributed by atoms with E-state index in [-0.39, 0.29) is 5.41 Å². The van der Waals surface area contributed by atoms with E-state index < -0.39 is 0 Å². The Labute approximate surface area is 87.3 Å². The summed E-state index contributed by atoms with van der Waals surface area (Å²) in [5.41, 5.74) is 5.94. The van der Waals surface area contributed by atoms with Gasteiger partial charge in [0, 0.05) is 0 Å². The van der Waals surface area contributed by atoms with Gasteiger partial charge in [0.05, 0.1) is 0 Å². The monoisotopic (exact) mass is 183 g/mol. The number of fused-ring (bicyclic) bond motifs is 1. The Kier molecular flexibility index (Phi) is 2.06. The van der Waals surface area contributed by atoms with Crippen molar-refractivity contribution in [3.8, 4) is 0 Å². The molecule has 0 spiro atoms. The predicted octanol–water partition coefficient (Wildman–Crippen LogP) is 2.81. The molecular formula is C13H16B. The van der Waals surface area contributed by atoms with E-state index in [1.165, 1.54) is 22.1 Å². The number of allylic oxidation sites excluding steroid dienone is 2. The van der Waals surface area contributed by atoms with E-state index in [1.54, 1.807) is 0 Å². The number of hydrogen-bond donors (Lipinski definition) is 0. The van der Waals surface area contributed by atoms with Gasteiger partial charge in [0.2, 0.25) is 0 Å². The smallest absolute Gasteiger partial charge is 0.101 e. The van der Waals surface area contributed by atoms with Gasteiger partial charge in [-0.15, -0.1) is 5.47 Å². The molecule has 1 heteroatoms. The summed E-state index contributed by atoms with van der Waals surface area (Å²) in [6.45, 7) is 9.05. The molecule has 0 saturated heterocycles. The highest BCUT2D eigenvalue weighted by molar-refractivity contribution is 6.66. The van der Waals surface area contributed by atoms with Gasteiger partial charge in [0.1, 0.15) is 0 Å². The van der Waals surface area contributed by atoms with Gasteiger partial charge in [-0.2, -0.15) is 0 Å². The minimum Gasteiger partial charge on any atom is -0.101 e. The minimum absolute atomic E-state index is 0.243. The first-order valence-corrected chi connectivity index (χ1v) is 5.15. The van der Waals surface area contributed by atoms with Crippen molar-refractivity contribution in [1.82, 2.24) is 0 Å². The van der Waals surface area contributed by atoms with Crippen LogP contribution in [0.1, 0.15) is 33.3 Å². The van der Waals surface area contributed by atoms with Crippen molar-refractivity contribution in [2.75, 3.05) is 0 Å². The molecule has 1 aliphatic rings. The van der Waals surface area contributed by atoms with Crippen molar-refractivity contribution in [1.29, 1.82) is 0 Å². The average Bonchev–Trinajstić information content (AvgIpc) is 2.38. The number of rotatable bonds is 0. The molecule has 71 valence electrons. The third kappa shape index (κ3) is 1.41. The molecular weight excluding hydrogens is 167 g/mol. The third-order valence-corrected chi connectivity index (χ3v) is 2.75. The van der Waals surface area contributed by atoms with Crippen LogP contribution in [0.15, 0.2) is 29.7 Å². The zero-order chi connectivity index (χ0) is 10.3. The highest BCUT2D eigenvalue weighted by atomic mass is 14.3. The molecule has 0 atom stereocenters. The van der Waals surface area contributed by atoms with Crippen molar-refractivity contribution in [3.63, 3.8) is 0 Å². The molecule has 0 aliphatic carbocycles. The standard InChI is InChI=1S/C13H16B/c1-9-12(13(2,3)4)10-7-5-6-8-11(10)14-9/h5-8H,1-4H3. The normalized spacial score (nSPS) is 15.4. The lowest BCUT2D eigenvalue weighted by Crippen LogP contribution is -2.13. The Morgan fingerprint density at radius 2 is 1.71 bits per heavy atom. The number of hydrogen-bond acceptors (Lipinski definition) is 0. The molecule has 1 radical (unpaired) electrons. The van der Waals surface area contributed by atoms with Crippen molar-refractivity contribution in [2.24, 2.45) is 5.41 Å². The van der Waals surface area contributed by atoms with Crippen molar-refractivity contribution in [2.45, 2.75) is 27.7 Å². The largest absolute Gasteiger partial charge is 0.186 e. The van der Waals surface area contributed by atoms with Crippen molar-refractivity contribution >= 4 is 18.3 Å². The van der Waals surface area contributed by atoms with E-state index in [9.17, 15) is 0 Å². The van der Waals surface area contributed by atoms with E-state index in [4.69, 9.17) is 0 Å². The molecule has 1 aromatic carbocycles. The van der Waals surface area contributed by atoms with Crippen molar-refractivity contribution < 1.29 is 0 Å². The van der Waals surface area contributed by atoms with Gasteiger partial charge >= 0.3 is 0 Å². The van der Waals surface area contributed by atoms with Gasteiger partial charge < -0.3 is 0 Å². The van der Waals surface area contributed by atoms with Crippen LogP contribution in [0.5, 0.6) is 0 Å². The SMILES string of the molecule is CC1=C(C(C)(C)C)c2ccccc2[B]1. The third-order valence-electron chi connectivity index (χ3n) is 2.75. The summed E-state index contributed by atoms with van der Waals surface area (Å²) in [6, 6.07) is 8.64. The Hall–Kier alpha value is -0.975. The fourth-order valence-electron chi connectivity index (χ4n) is 2.36. The highest BCUT2D eigenvalue weighted by Gasteiger charge is 2.27. The molecule has 1 aliphatic heterocycles. The Bertz CT molecular complexity index is 394. The topological polar surface area (TPSA) is 0 Å². The van der Waals surface area contributed by atoms with Gasteiger partial charge in [-0.25, -0.2) is 0 Å². The summed E-state index contributed by atoms with van der Waals surface area (Å²) in [4.78, 5) is 0. The second-order valence-electron chi connectivity index (χ2n) is 5.04. The lowest BCUT2D eigenvalue weighted by atomic mass is 9.67. The van der Waals surface area contributed by atoms with Gasteiger partial charge in [0.15, 0.2) is 7.28 Å². The molecule has 14 heavy (non-hydrogen) atoms. The molecule has 2 rings (SSSR count). The Morgan fingerprint density at radius 3 is 2.36 bits per heavy atom.